The second-order valence-electron chi connectivity index (χ2n) is 13.3. The van der Waals surface area contributed by atoms with Crippen LogP contribution in [0.25, 0.3) is 39.2 Å². The van der Waals surface area contributed by atoms with E-state index in [4.69, 9.17) is 9.97 Å². The third-order valence-corrected chi connectivity index (χ3v) is 9.57. The van der Waals surface area contributed by atoms with E-state index < -0.39 is 0 Å². The van der Waals surface area contributed by atoms with Crippen LogP contribution in [0.5, 0.6) is 0 Å². The zero-order valence-corrected chi connectivity index (χ0v) is 23.8. The number of hydrogen-bond acceptors (Lipinski definition) is 3. The smallest absolute Gasteiger partial charge is 0.157 e. The van der Waals surface area contributed by atoms with E-state index in [1.807, 2.05) is 0 Å². The Morgan fingerprint density at radius 3 is 2.58 bits per heavy atom. The van der Waals surface area contributed by atoms with Gasteiger partial charge in [0.25, 0.3) is 0 Å². The van der Waals surface area contributed by atoms with Crippen LogP contribution >= 0.6 is 0 Å². The third-order valence-electron chi connectivity index (χ3n) is 9.57. The maximum atomic E-state index is 5.32. The molecule has 1 aliphatic heterocycles. The first kappa shape index (κ1) is 24.1. The average Bonchev–Trinajstić information content (AvgIpc) is 3.78. The zero-order chi connectivity index (χ0) is 26.5. The van der Waals surface area contributed by atoms with Crippen molar-refractivity contribution < 1.29 is 0 Å². The highest BCUT2D eigenvalue weighted by Crippen LogP contribution is 2.47. The molecule has 2 aliphatic carbocycles. The van der Waals surface area contributed by atoms with Crippen LogP contribution in [0.1, 0.15) is 70.7 Å². The highest BCUT2D eigenvalue weighted by molar-refractivity contribution is 5.90. The van der Waals surface area contributed by atoms with Gasteiger partial charge in [-0.25, -0.2) is 9.97 Å². The Morgan fingerprint density at radius 2 is 1.92 bits per heavy atom. The number of aryl methyl sites for hydroxylation is 2. The molecule has 4 unspecified atom stereocenters. The van der Waals surface area contributed by atoms with E-state index >= 15 is 0 Å². The average molecular weight is 508 g/mol. The third kappa shape index (κ3) is 3.77. The SMILES string of the molecule is C=C(c1cc(CC)c2c(c1)nc(-c1cc3ccc(C(C)(C)C)nc3n1CC1CC1)n2C)C1CC2NC2C1C. The number of aromatic nitrogens is 4. The van der Waals surface area contributed by atoms with Crippen molar-refractivity contribution in [1.82, 2.24) is 24.4 Å². The second kappa shape index (κ2) is 8.29. The van der Waals surface area contributed by atoms with Crippen LogP contribution in [0.4, 0.5) is 0 Å². The van der Waals surface area contributed by atoms with E-state index in [-0.39, 0.29) is 5.41 Å². The number of allylic oxidation sites excluding steroid dienone is 1. The van der Waals surface area contributed by atoms with Gasteiger partial charge in [-0.05, 0) is 90.5 Å². The minimum Gasteiger partial charge on any atom is -0.326 e. The predicted molar refractivity (Wildman–Crippen MR) is 157 cm³/mol. The number of rotatable bonds is 6. The topological polar surface area (TPSA) is 57.6 Å². The van der Waals surface area contributed by atoms with Gasteiger partial charge in [-0.2, -0.15) is 0 Å². The van der Waals surface area contributed by atoms with E-state index in [1.165, 1.54) is 52.6 Å². The summed E-state index contributed by atoms with van der Waals surface area (Å²) < 4.78 is 4.77. The van der Waals surface area contributed by atoms with Crippen LogP contribution in [-0.4, -0.2) is 31.2 Å². The first-order chi connectivity index (χ1) is 18.1. The van der Waals surface area contributed by atoms with Crippen LogP contribution < -0.4 is 5.32 Å². The van der Waals surface area contributed by atoms with E-state index in [1.54, 1.807) is 0 Å². The molecule has 0 spiro atoms. The monoisotopic (exact) mass is 507 g/mol. The summed E-state index contributed by atoms with van der Waals surface area (Å²) in [6.07, 6.45) is 4.80. The molecule has 4 heterocycles. The molecule has 198 valence electrons. The molecule has 5 nitrogen and oxygen atoms in total. The molecule has 1 N–H and O–H groups in total. The maximum absolute atomic E-state index is 5.32. The Morgan fingerprint density at radius 1 is 1.13 bits per heavy atom. The quantitative estimate of drug-likeness (QED) is 0.290. The lowest BCUT2D eigenvalue weighted by Crippen LogP contribution is -2.17. The van der Waals surface area contributed by atoms with Gasteiger partial charge in [0.05, 0.1) is 16.7 Å². The summed E-state index contributed by atoms with van der Waals surface area (Å²) in [6, 6.07) is 12.8. The molecule has 38 heavy (non-hydrogen) atoms. The largest absolute Gasteiger partial charge is 0.326 e. The van der Waals surface area contributed by atoms with Crippen molar-refractivity contribution in [2.45, 2.75) is 84.3 Å². The van der Waals surface area contributed by atoms with Crippen molar-refractivity contribution in [3.8, 4) is 11.5 Å². The maximum Gasteiger partial charge on any atom is 0.157 e. The van der Waals surface area contributed by atoms with Gasteiger partial charge in [-0.15, -0.1) is 0 Å². The lowest BCUT2D eigenvalue weighted by Gasteiger charge is -2.22. The van der Waals surface area contributed by atoms with Crippen molar-refractivity contribution >= 4 is 27.6 Å². The van der Waals surface area contributed by atoms with Gasteiger partial charge < -0.3 is 14.5 Å². The Bertz CT molecular complexity index is 1590. The Balaban J connectivity index is 1.36. The number of fused-ring (bicyclic) bond motifs is 3. The minimum absolute atomic E-state index is 0.0170. The number of hydrogen-bond donors (Lipinski definition) is 1. The lowest BCUT2D eigenvalue weighted by atomic mass is 9.84. The number of imidazole rings is 1. The van der Waals surface area contributed by atoms with Crippen LogP contribution in [0.3, 0.4) is 0 Å². The summed E-state index contributed by atoms with van der Waals surface area (Å²) in [5.41, 5.74) is 9.68. The fourth-order valence-corrected chi connectivity index (χ4v) is 6.94. The van der Waals surface area contributed by atoms with E-state index in [0.717, 1.165) is 41.6 Å². The number of nitrogens with one attached hydrogen (secondary N) is 1. The van der Waals surface area contributed by atoms with E-state index in [0.29, 0.717) is 23.9 Å². The highest BCUT2D eigenvalue weighted by atomic mass is 15.2. The van der Waals surface area contributed by atoms with Crippen LogP contribution in [-0.2, 0) is 25.4 Å². The summed E-state index contributed by atoms with van der Waals surface area (Å²) in [7, 11) is 2.18. The molecule has 2 saturated carbocycles. The molecule has 4 aromatic rings. The molecule has 3 aliphatic rings. The molecule has 5 heteroatoms. The van der Waals surface area contributed by atoms with Crippen molar-refractivity contribution in [3.63, 3.8) is 0 Å². The van der Waals surface area contributed by atoms with E-state index in [9.17, 15) is 0 Å². The van der Waals surface area contributed by atoms with Crippen molar-refractivity contribution in [2.24, 2.45) is 24.8 Å². The number of piperidine rings is 1. The van der Waals surface area contributed by atoms with Gasteiger partial charge in [-0.3, -0.25) is 0 Å². The standard InChI is InChI=1S/C33H41N5/c1-8-21-13-23(18(2)24-16-25-29(34-25)19(24)3)14-26-30(21)37(7)32(35-26)27-15-22-11-12-28(33(4,5)6)36-31(22)38(27)17-20-9-10-20/h11-15,19-20,24-25,29,34H,2,8-10,16-17H2,1,3-7H3. The molecule has 7 rings (SSSR count). The molecule has 3 aromatic heterocycles. The number of benzene rings is 1. The summed E-state index contributed by atoms with van der Waals surface area (Å²) in [6.45, 7) is 17.0. The molecular formula is C33H41N5. The molecule has 4 atom stereocenters. The van der Waals surface area contributed by atoms with Gasteiger partial charge in [0.1, 0.15) is 5.65 Å². The number of pyridine rings is 1. The molecule has 0 radical (unpaired) electrons. The molecule has 0 bridgehead atoms. The van der Waals surface area contributed by atoms with Crippen LogP contribution in [0.2, 0.25) is 0 Å². The fourth-order valence-electron chi connectivity index (χ4n) is 6.94. The summed E-state index contributed by atoms with van der Waals surface area (Å²) in [4.78, 5) is 10.5. The van der Waals surface area contributed by atoms with Crippen LogP contribution in [0, 0.1) is 17.8 Å². The molecule has 1 aromatic carbocycles. The fraction of sp³-hybridized carbons (Fsp3) is 0.515. The molecule has 0 amide bonds. The van der Waals surface area contributed by atoms with Crippen molar-refractivity contribution in [3.05, 3.63) is 53.7 Å². The minimum atomic E-state index is 0.0170. The van der Waals surface area contributed by atoms with E-state index in [2.05, 4.69) is 93.0 Å². The molecule has 3 fully saturated rings. The molecular weight excluding hydrogens is 466 g/mol. The Labute approximate surface area is 226 Å². The van der Waals surface area contributed by atoms with Gasteiger partial charge >= 0.3 is 0 Å². The van der Waals surface area contributed by atoms with Gasteiger partial charge in [-0.1, -0.05) is 41.2 Å². The first-order valence-electron chi connectivity index (χ1n) is 14.6. The predicted octanol–water partition coefficient (Wildman–Crippen LogP) is 6.87. The first-order valence-corrected chi connectivity index (χ1v) is 14.6. The Kier molecular flexibility index (Phi) is 5.27. The lowest BCUT2D eigenvalue weighted by molar-refractivity contribution is 0.465. The van der Waals surface area contributed by atoms with Crippen LogP contribution in [0.15, 0.2) is 36.9 Å². The van der Waals surface area contributed by atoms with Gasteiger partial charge in [0.2, 0.25) is 0 Å². The molecule has 1 saturated heterocycles. The summed E-state index contributed by atoms with van der Waals surface area (Å²) in [5.74, 6) is 2.99. The summed E-state index contributed by atoms with van der Waals surface area (Å²) in [5, 5.41) is 4.82. The zero-order valence-electron chi connectivity index (χ0n) is 23.8. The van der Waals surface area contributed by atoms with Crippen molar-refractivity contribution in [1.29, 1.82) is 0 Å². The second-order valence-corrected chi connectivity index (χ2v) is 13.3. The normalized spacial score (nSPS) is 24.9. The van der Waals surface area contributed by atoms with Gasteiger partial charge in [0.15, 0.2) is 5.82 Å². The Hall–Kier alpha value is -2.92. The number of nitrogens with zero attached hydrogens (tertiary/aromatic N) is 4. The summed E-state index contributed by atoms with van der Waals surface area (Å²) >= 11 is 0. The highest BCUT2D eigenvalue weighted by Gasteiger charge is 2.51. The van der Waals surface area contributed by atoms with Crippen molar-refractivity contribution in [2.75, 3.05) is 0 Å². The van der Waals surface area contributed by atoms with Gasteiger partial charge in [0, 0.05) is 42.2 Å².